The Labute approximate surface area is 83.1 Å². The number of ether oxygens (including phenoxy) is 1. The summed E-state index contributed by atoms with van der Waals surface area (Å²) in [6.07, 6.45) is 3.01. The van der Waals surface area contributed by atoms with Crippen molar-refractivity contribution in [1.82, 2.24) is 0 Å². The highest BCUT2D eigenvalue weighted by Crippen LogP contribution is 2.44. The number of hydrogen-bond donors (Lipinski definition) is 0. The van der Waals surface area contributed by atoms with Crippen LogP contribution in [0.15, 0.2) is 11.6 Å². The number of hydrogen-bond acceptors (Lipinski definition) is 3. The van der Waals surface area contributed by atoms with Crippen LogP contribution in [0.3, 0.4) is 0 Å². The summed E-state index contributed by atoms with van der Waals surface area (Å²) in [7, 11) is 0. The molecule has 3 nitrogen and oxygen atoms in total. The number of rotatable bonds is 1. The van der Waals surface area contributed by atoms with E-state index in [0.29, 0.717) is 13.0 Å². The quantitative estimate of drug-likeness (QED) is 0.594. The van der Waals surface area contributed by atoms with Crippen molar-refractivity contribution in [2.75, 3.05) is 6.61 Å². The van der Waals surface area contributed by atoms with Gasteiger partial charge in [0.2, 0.25) is 0 Å². The number of carbonyl (C=O) groups excluding carboxylic acids is 2. The lowest BCUT2D eigenvalue weighted by molar-refractivity contribution is -0.135. The summed E-state index contributed by atoms with van der Waals surface area (Å²) in [6, 6.07) is 0. The molecule has 0 N–H and O–H groups in total. The van der Waals surface area contributed by atoms with Crippen LogP contribution in [-0.4, -0.2) is 18.4 Å². The topological polar surface area (TPSA) is 43.4 Å². The van der Waals surface area contributed by atoms with Crippen LogP contribution in [0, 0.1) is 11.3 Å². The Bertz CT molecular complexity index is 325. The molecule has 14 heavy (non-hydrogen) atoms. The van der Waals surface area contributed by atoms with E-state index in [4.69, 9.17) is 4.74 Å². The average Bonchev–Trinajstić information content (AvgIpc) is 2.57. The van der Waals surface area contributed by atoms with E-state index in [2.05, 4.69) is 13.8 Å². The summed E-state index contributed by atoms with van der Waals surface area (Å²) in [4.78, 5) is 22.6. The second-order valence-corrected chi connectivity index (χ2v) is 4.71. The molecule has 1 heterocycles. The average molecular weight is 194 g/mol. The summed E-state index contributed by atoms with van der Waals surface area (Å²) in [5.74, 6) is -0.163. The van der Waals surface area contributed by atoms with Crippen molar-refractivity contribution in [3.05, 3.63) is 11.6 Å². The largest absolute Gasteiger partial charge is 0.458 e. The van der Waals surface area contributed by atoms with Crippen molar-refractivity contribution in [2.24, 2.45) is 11.3 Å². The van der Waals surface area contributed by atoms with Crippen molar-refractivity contribution in [3.63, 3.8) is 0 Å². The van der Waals surface area contributed by atoms with E-state index in [0.717, 1.165) is 12.0 Å². The standard InChI is InChI=1S/C11H14O3/c1-11(2)4-3-8(12)10(11)7-5-9(13)14-6-7/h5,10H,3-4,6H2,1-2H3. The van der Waals surface area contributed by atoms with Crippen LogP contribution in [0.4, 0.5) is 0 Å². The molecule has 1 aliphatic heterocycles. The molecule has 76 valence electrons. The van der Waals surface area contributed by atoms with Gasteiger partial charge in [0.15, 0.2) is 0 Å². The molecular weight excluding hydrogens is 180 g/mol. The number of esters is 1. The van der Waals surface area contributed by atoms with Gasteiger partial charge in [0.1, 0.15) is 12.4 Å². The minimum absolute atomic E-state index is 0.0170. The first-order valence-electron chi connectivity index (χ1n) is 4.91. The number of ketones is 1. The summed E-state index contributed by atoms with van der Waals surface area (Å²) in [6.45, 7) is 4.46. The second kappa shape index (κ2) is 2.94. The third kappa shape index (κ3) is 1.37. The molecule has 1 fully saturated rings. The Morgan fingerprint density at radius 3 is 2.57 bits per heavy atom. The van der Waals surface area contributed by atoms with E-state index in [1.54, 1.807) is 0 Å². The van der Waals surface area contributed by atoms with Gasteiger partial charge in [-0.15, -0.1) is 0 Å². The second-order valence-electron chi connectivity index (χ2n) is 4.71. The molecule has 0 amide bonds. The molecular formula is C11H14O3. The van der Waals surface area contributed by atoms with E-state index < -0.39 is 0 Å². The Morgan fingerprint density at radius 1 is 1.43 bits per heavy atom. The molecule has 1 unspecified atom stereocenters. The van der Waals surface area contributed by atoms with Crippen molar-refractivity contribution in [3.8, 4) is 0 Å². The predicted molar refractivity (Wildman–Crippen MR) is 50.6 cm³/mol. The Morgan fingerprint density at radius 2 is 2.14 bits per heavy atom. The van der Waals surface area contributed by atoms with Crippen LogP contribution in [0.25, 0.3) is 0 Å². The van der Waals surface area contributed by atoms with Crippen molar-refractivity contribution in [2.45, 2.75) is 26.7 Å². The minimum atomic E-state index is -0.310. The predicted octanol–water partition coefficient (Wildman–Crippen LogP) is 1.47. The minimum Gasteiger partial charge on any atom is -0.458 e. The normalized spacial score (nSPS) is 30.4. The van der Waals surface area contributed by atoms with Crippen LogP contribution in [-0.2, 0) is 14.3 Å². The van der Waals surface area contributed by atoms with Gasteiger partial charge in [-0.3, -0.25) is 4.79 Å². The van der Waals surface area contributed by atoms with Crippen LogP contribution in [0.1, 0.15) is 26.7 Å². The van der Waals surface area contributed by atoms with Crippen molar-refractivity contribution in [1.29, 1.82) is 0 Å². The van der Waals surface area contributed by atoms with Crippen LogP contribution < -0.4 is 0 Å². The first-order valence-corrected chi connectivity index (χ1v) is 4.91. The SMILES string of the molecule is CC1(C)CCC(=O)C1C1=CC(=O)OC1. The van der Waals surface area contributed by atoms with Gasteiger partial charge in [-0.1, -0.05) is 13.8 Å². The number of carbonyl (C=O) groups is 2. The summed E-state index contributed by atoms with van der Waals surface area (Å²) in [5.41, 5.74) is 0.846. The van der Waals surface area contributed by atoms with E-state index in [-0.39, 0.29) is 23.1 Å². The molecule has 0 saturated heterocycles. The van der Waals surface area contributed by atoms with Gasteiger partial charge < -0.3 is 4.74 Å². The summed E-state index contributed by atoms with van der Waals surface area (Å²) >= 11 is 0. The van der Waals surface area contributed by atoms with E-state index in [9.17, 15) is 9.59 Å². The molecule has 0 bridgehead atoms. The third-order valence-corrected chi connectivity index (χ3v) is 3.17. The van der Waals surface area contributed by atoms with Crippen LogP contribution in [0.5, 0.6) is 0 Å². The van der Waals surface area contributed by atoms with E-state index in [1.165, 1.54) is 6.08 Å². The lowest BCUT2D eigenvalue weighted by Crippen LogP contribution is -2.25. The molecule has 3 heteroatoms. The Balaban J connectivity index is 2.28. The Hall–Kier alpha value is -1.12. The zero-order valence-corrected chi connectivity index (χ0v) is 8.50. The molecule has 2 aliphatic rings. The smallest absolute Gasteiger partial charge is 0.331 e. The zero-order chi connectivity index (χ0) is 10.3. The number of Topliss-reactive ketones (excluding diaryl/α,β-unsaturated/α-hetero) is 1. The Kier molecular flexibility index (Phi) is 1.98. The van der Waals surface area contributed by atoms with Crippen LogP contribution in [0.2, 0.25) is 0 Å². The fourth-order valence-electron chi connectivity index (χ4n) is 2.43. The first-order chi connectivity index (χ1) is 6.50. The zero-order valence-electron chi connectivity index (χ0n) is 8.50. The molecule has 0 aromatic heterocycles. The highest BCUT2D eigenvalue weighted by Gasteiger charge is 2.44. The fourth-order valence-corrected chi connectivity index (χ4v) is 2.43. The molecule has 0 aromatic carbocycles. The van der Waals surface area contributed by atoms with Gasteiger partial charge in [0.25, 0.3) is 0 Å². The monoisotopic (exact) mass is 194 g/mol. The molecule has 1 atom stereocenters. The first kappa shape index (κ1) is 9.44. The van der Waals surface area contributed by atoms with Gasteiger partial charge in [-0.2, -0.15) is 0 Å². The maximum atomic E-state index is 11.7. The van der Waals surface area contributed by atoms with Gasteiger partial charge >= 0.3 is 5.97 Å². The lowest BCUT2D eigenvalue weighted by atomic mass is 9.77. The highest BCUT2D eigenvalue weighted by molar-refractivity contribution is 5.92. The maximum absolute atomic E-state index is 11.7. The van der Waals surface area contributed by atoms with Gasteiger partial charge in [-0.25, -0.2) is 4.79 Å². The van der Waals surface area contributed by atoms with Crippen molar-refractivity contribution < 1.29 is 14.3 Å². The maximum Gasteiger partial charge on any atom is 0.331 e. The fraction of sp³-hybridized carbons (Fsp3) is 0.636. The lowest BCUT2D eigenvalue weighted by Gasteiger charge is -2.25. The molecule has 0 radical (unpaired) electrons. The summed E-state index contributed by atoms with van der Waals surface area (Å²) in [5, 5.41) is 0. The molecule has 1 aliphatic carbocycles. The van der Waals surface area contributed by atoms with E-state index >= 15 is 0 Å². The van der Waals surface area contributed by atoms with E-state index in [1.807, 2.05) is 0 Å². The van der Waals surface area contributed by atoms with Gasteiger partial charge in [0, 0.05) is 18.4 Å². The highest BCUT2D eigenvalue weighted by atomic mass is 16.5. The van der Waals surface area contributed by atoms with Crippen molar-refractivity contribution >= 4 is 11.8 Å². The number of cyclic esters (lactones) is 1. The molecule has 0 spiro atoms. The third-order valence-electron chi connectivity index (χ3n) is 3.17. The molecule has 0 aromatic rings. The van der Waals surface area contributed by atoms with Crippen LogP contribution >= 0.6 is 0 Å². The van der Waals surface area contributed by atoms with Gasteiger partial charge in [0.05, 0.1) is 0 Å². The van der Waals surface area contributed by atoms with Gasteiger partial charge in [-0.05, 0) is 17.4 Å². The molecule has 1 saturated carbocycles. The molecule has 2 rings (SSSR count). The summed E-state index contributed by atoms with van der Waals surface area (Å²) < 4.78 is 4.84.